The van der Waals surface area contributed by atoms with E-state index in [1.807, 2.05) is 27.7 Å². The Morgan fingerprint density at radius 1 is 0.738 bits per heavy atom. The zero-order chi connectivity index (χ0) is 29.1. The summed E-state index contributed by atoms with van der Waals surface area (Å²) < 4.78 is 11.1. The Morgan fingerprint density at radius 2 is 1.29 bits per heavy atom. The van der Waals surface area contributed by atoms with Crippen LogP contribution in [0.25, 0.3) is 50.2 Å². The molecule has 0 atom stereocenters. The third-order valence-electron chi connectivity index (χ3n) is 9.24. The molecule has 0 spiro atoms. The van der Waals surface area contributed by atoms with Crippen LogP contribution in [0.15, 0.2) is 97.1 Å². The van der Waals surface area contributed by atoms with Crippen LogP contribution in [0.2, 0.25) is 0 Å². The zero-order valence-electron chi connectivity index (χ0n) is 24.9. The monoisotopic (exact) mass is 552 g/mol. The summed E-state index contributed by atoms with van der Waals surface area (Å²) in [7, 11) is 0.731. The summed E-state index contributed by atoms with van der Waals surface area (Å²) in [6.07, 6.45) is 6.71. The second-order valence-electron chi connectivity index (χ2n) is 12.6. The van der Waals surface area contributed by atoms with Crippen LogP contribution in [0.3, 0.4) is 0 Å². The summed E-state index contributed by atoms with van der Waals surface area (Å²) in [5, 5.41) is 14.5. The predicted molar refractivity (Wildman–Crippen MR) is 178 cm³/mol. The van der Waals surface area contributed by atoms with Gasteiger partial charge in [-0.1, -0.05) is 66.1 Å². The molecule has 0 radical (unpaired) electrons. The minimum absolute atomic E-state index is 0.511. The number of nitrogens with zero attached hydrogens (tertiary/aromatic N) is 2. The van der Waals surface area contributed by atoms with Crippen LogP contribution < -0.4 is 5.46 Å². The Balaban J connectivity index is 1.44. The largest absolute Gasteiger partial charge is 0.387 e. The molecule has 0 saturated carbocycles. The minimum atomic E-state index is -0.946. The standard InChI is InChI=1S/C37H37BN2O2/c1-36(2,41)37(3,4)42-24-38-25-21-26(39-32-17-9-5-13-28(32)29-14-6-10-18-33(29)39)23-27(22-25)40-34-19-11-7-15-30(34)31-16-8-12-20-35(31)40/h5-7,9-15,17-23,38,41H,8,16,24H2,1-4H3. The molecular formula is C37H37BN2O2. The molecule has 1 aliphatic rings. The average Bonchev–Trinajstić information content (AvgIpc) is 3.50. The zero-order valence-corrected chi connectivity index (χ0v) is 24.9. The Bertz CT molecular complexity index is 1930. The molecule has 2 heterocycles. The number of aromatic nitrogens is 2. The molecule has 0 saturated heterocycles. The molecule has 210 valence electrons. The van der Waals surface area contributed by atoms with E-state index in [-0.39, 0.29) is 0 Å². The normalized spacial score (nSPS) is 13.7. The lowest BCUT2D eigenvalue weighted by Crippen LogP contribution is -2.48. The number of aryl methyl sites for hydroxylation is 1. The van der Waals surface area contributed by atoms with E-state index in [1.54, 1.807) is 0 Å². The number of benzene rings is 4. The highest BCUT2D eigenvalue weighted by molar-refractivity contribution is 6.53. The predicted octanol–water partition coefficient (Wildman–Crippen LogP) is 7.27. The molecule has 5 heteroatoms. The van der Waals surface area contributed by atoms with E-state index in [9.17, 15) is 5.11 Å². The second-order valence-corrected chi connectivity index (χ2v) is 12.6. The summed E-state index contributed by atoms with van der Waals surface area (Å²) in [6, 6.07) is 33.1. The molecule has 0 unspecified atom stereocenters. The molecule has 1 N–H and O–H groups in total. The SMILES string of the molecule is CC(C)(O)C(C)(C)OCBc1cc(-n2c3c(c4ccccc42)CCC=C3)cc(-n2c3ccccc3c3ccccc32)c1. The Labute approximate surface area is 248 Å². The van der Waals surface area contributed by atoms with Crippen molar-refractivity contribution in [3.8, 4) is 11.4 Å². The molecule has 0 amide bonds. The Kier molecular flexibility index (Phi) is 6.41. The van der Waals surface area contributed by atoms with E-state index in [0.29, 0.717) is 6.51 Å². The number of hydrogen-bond acceptors (Lipinski definition) is 2. The average molecular weight is 553 g/mol. The third kappa shape index (κ3) is 4.39. The highest BCUT2D eigenvalue weighted by Crippen LogP contribution is 2.36. The van der Waals surface area contributed by atoms with Gasteiger partial charge in [-0.25, -0.2) is 0 Å². The van der Waals surface area contributed by atoms with E-state index in [2.05, 4.69) is 112 Å². The number of para-hydroxylation sites is 3. The number of rotatable bonds is 7. The molecule has 2 aromatic heterocycles. The van der Waals surface area contributed by atoms with Crippen molar-refractivity contribution in [1.29, 1.82) is 0 Å². The van der Waals surface area contributed by atoms with Crippen molar-refractivity contribution in [2.24, 2.45) is 0 Å². The van der Waals surface area contributed by atoms with Crippen LogP contribution in [-0.4, -0.2) is 39.2 Å². The van der Waals surface area contributed by atoms with Gasteiger partial charge in [0.25, 0.3) is 0 Å². The molecular weight excluding hydrogens is 515 g/mol. The van der Waals surface area contributed by atoms with E-state index >= 15 is 0 Å². The molecule has 6 aromatic rings. The van der Waals surface area contributed by atoms with Gasteiger partial charge in [0.05, 0.1) is 27.8 Å². The van der Waals surface area contributed by atoms with Crippen molar-refractivity contribution in [2.75, 3.05) is 6.51 Å². The topological polar surface area (TPSA) is 39.3 Å². The molecule has 0 aliphatic heterocycles. The van der Waals surface area contributed by atoms with Gasteiger partial charge in [-0.05, 0) is 88.6 Å². The second kappa shape index (κ2) is 10.0. The smallest absolute Gasteiger partial charge is 0.188 e. The third-order valence-corrected chi connectivity index (χ3v) is 9.24. The maximum absolute atomic E-state index is 10.7. The lowest BCUT2D eigenvalue weighted by molar-refractivity contribution is -0.135. The molecule has 4 aromatic carbocycles. The highest BCUT2D eigenvalue weighted by atomic mass is 16.5. The van der Waals surface area contributed by atoms with Gasteiger partial charge >= 0.3 is 0 Å². The van der Waals surface area contributed by atoms with E-state index < -0.39 is 11.2 Å². The Hall–Kier alpha value is -4.06. The quantitative estimate of drug-likeness (QED) is 0.212. The van der Waals surface area contributed by atoms with Gasteiger partial charge in [0, 0.05) is 39.7 Å². The fourth-order valence-corrected chi connectivity index (χ4v) is 6.33. The summed E-state index contributed by atoms with van der Waals surface area (Å²) in [5.74, 6) is 0. The molecule has 0 fully saturated rings. The number of hydrogen-bond donors (Lipinski definition) is 1. The first-order chi connectivity index (χ1) is 20.2. The van der Waals surface area contributed by atoms with Crippen LogP contribution in [0.5, 0.6) is 0 Å². The Morgan fingerprint density at radius 3 is 1.90 bits per heavy atom. The van der Waals surface area contributed by atoms with Crippen LogP contribution >= 0.6 is 0 Å². The summed E-state index contributed by atoms with van der Waals surface area (Å²) >= 11 is 0. The summed E-state index contributed by atoms with van der Waals surface area (Å²) in [5.41, 5.74) is 8.18. The van der Waals surface area contributed by atoms with Crippen LogP contribution in [0, 0.1) is 0 Å². The van der Waals surface area contributed by atoms with Gasteiger partial charge in [0.2, 0.25) is 0 Å². The lowest BCUT2D eigenvalue weighted by Gasteiger charge is -2.37. The van der Waals surface area contributed by atoms with Gasteiger partial charge in [0.1, 0.15) is 0 Å². The number of ether oxygens (including phenoxy) is 1. The van der Waals surface area contributed by atoms with Crippen molar-refractivity contribution in [3.05, 3.63) is 108 Å². The maximum atomic E-state index is 10.7. The number of allylic oxidation sites excluding steroid dienone is 1. The van der Waals surface area contributed by atoms with E-state index in [4.69, 9.17) is 4.74 Å². The first-order valence-corrected chi connectivity index (χ1v) is 15.0. The maximum Gasteiger partial charge on any atom is 0.188 e. The minimum Gasteiger partial charge on any atom is -0.387 e. The van der Waals surface area contributed by atoms with Gasteiger partial charge in [0.15, 0.2) is 7.28 Å². The van der Waals surface area contributed by atoms with E-state index in [1.165, 1.54) is 49.4 Å². The van der Waals surface area contributed by atoms with E-state index in [0.717, 1.165) is 31.5 Å². The van der Waals surface area contributed by atoms with Gasteiger partial charge < -0.3 is 19.0 Å². The van der Waals surface area contributed by atoms with Crippen molar-refractivity contribution in [1.82, 2.24) is 9.13 Å². The summed E-state index contributed by atoms with van der Waals surface area (Å²) in [6.45, 7) is 8.04. The van der Waals surface area contributed by atoms with Crippen LogP contribution in [0.4, 0.5) is 0 Å². The van der Waals surface area contributed by atoms with Crippen molar-refractivity contribution in [2.45, 2.75) is 51.7 Å². The fourth-order valence-electron chi connectivity index (χ4n) is 6.33. The van der Waals surface area contributed by atoms with Crippen molar-refractivity contribution in [3.63, 3.8) is 0 Å². The van der Waals surface area contributed by atoms with Gasteiger partial charge in [-0.3, -0.25) is 0 Å². The number of aliphatic hydroxyl groups is 1. The highest BCUT2D eigenvalue weighted by Gasteiger charge is 2.35. The number of fused-ring (bicyclic) bond motifs is 6. The van der Waals surface area contributed by atoms with Gasteiger partial charge in [-0.2, -0.15) is 0 Å². The van der Waals surface area contributed by atoms with Crippen LogP contribution in [0.1, 0.15) is 45.4 Å². The lowest BCUT2D eigenvalue weighted by atomic mass is 9.70. The van der Waals surface area contributed by atoms with Crippen molar-refractivity contribution < 1.29 is 9.84 Å². The molecule has 0 bridgehead atoms. The molecule has 1 aliphatic carbocycles. The first-order valence-electron chi connectivity index (χ1n) is 15.0. The van der Waals surface area contributed by atoms with Crippen molar-refractivity contribution >= 4 is 51.5 Å². The molecule has 7 rings (SSSR count). The summed E-state index contributed by atoms with van der Waals surface area (Å²) in [4.78, 5) is 0. The van der Waals surface area contributed by atoms with Gasteiger partial charge in [-0.15, -0.1) is 0 Å². The molecule has 4 nitrogen and oxygen atoms in total. The molecule has 42 heavy (non-hydrogen) atoms. The fraction of sp³-hybridized carbons (Fsp3) is 0.243. The first kappa shape index (κ1) is 26.8. The van der Waals surface area contributed by atoms with Crippen LogP contribution in [-0.2, 0) is 11.2 Å².